The number of aromatic nitrogens is 3. The fourth-order valence-corrected chi connectivity index (χ4v) is 1.63. The van der Waals surface area contributed by atoms with E-state index < -0.39 is 0 Å². The number of ether oxygens (including phenoxy) is 1. The average molecular weight is 216 g/mol. The van der Waals surface area contributed by atoms with Gasteiger partial charge in [-0.25, -0.2) is 9.67 Å². The highest BCUT2D eigenvalue weighted by molar-refractivity contribution is 5.57. The number of rotatable bonds is 3. The van der Waals surface area contributed by atoms with E-state index in [1.807, 2.05) is 24.4 Å². The van der Waals surface area contributed by atoms with Crippen molar-refractivity contribution in [2.24, 2.45) is 0 Å². The highest BCUT2D eigenvalue weighted by Gasteiger charge is 2.19. The van der Waals surface area contributed by atoms with Gasteiger partial charge in [0, 0.05) is 18.6 Å². The summed E-state index contributed by atoms with van der Waals surface area (Å²) < 4.78 is 6.88. The predicted molar refractivity (Wildman–Crippen MR) is 59.6 cm³/mol. The Kier molecular flexibility index (Phi) is 2.30. The van der Waals surface area contributed by atoms with Gasteiger partial charge in [0.25, 0.3) is 0 Å². The molecule has 0 saturated carbocycles. The molecule has 1 aliphatic rings. The first-order chi connectivity index (χ1) is 7.93. The summed E-state index contributed by atoms with van der Waals surface area (Å²) in [5.74, 6) is 0.819. The fourth-order valence-electron chi connectivity index (χ4n) is 1.63. The van der Waals surface area contributed by atoms with Crippen molar-refractivity contribution < 1.29 is 4.74 Å². The standard InChI is InChI=1S/C11H12N4O/c1-3-10(14-9-7-16-8-9)11(12-4-1)15-6-2-5-13-15/h1-6,9,14H,7-8H2. The molecule has 0 aliphatic carbocycles. The maximum Gasteiger partial charge on any atom is 0.176 e. The summed E-state index contributed by atoms with van der Waals surface area (Å²) in [7, 11) is 0. The van der Waals surface area contributed by atoms with Gasteiger partial charge in [-0.3, -0.25) is 0 Å². The SMILES string of the molecule is c1cnc(-n2cccn2)c(NC2COC2)c1. The number of pyridine rings is 1. The lowest BCUT2D eigenvalue weighted by atomic mass is 10.2. The first-order valence-electron chi connectivity index (χ1n) is 5.23. The van der Waals surface area contributed by atoms with Crippen molar-refractivity contribution in [3.63, 3.8) is 0 Å². The Labute approximate surface area is 93.1 Å². The Balaban J connectivity index is 1.91. The van der Waals surface area contributed by atoms with Crippen molar-refractivity contribution in [3.05, 3.63) is 36.8 Å². The van der Waals surface area contributed by atoms with Crippen molar-refractivity contribution in [1.29, 1.82) is 0 Å². The Morgan fingerprint density at radius 3 is 2.94 bits per heavy atom. The van der Waals surface area contributed by atoms with E-state index in [0.29, 0.717) is 6.04 Å². The third-order valence-corrected chi connectivity index (χ3v) is 2.51. The van der Waals surface area contributed by atoms with E-state index in [2.05, 4.69) is 15.4 Å². The minimum absolute atomic E-state index is 0.388. The monoisotopic (exact) mass is 216 g/mol. The van der Waals surface area contributed by atoms with Crippen LogP contribution < -0.4 is 5.32 Å². The van der Waals surface area contributed by atoms with Crippen molar-refractivity contribution in [2.75, 3.05) is 18.5 Å². The molecule has 3 heterocycles. The van der Waals surface area contributed by atoms with Crippen LogP contribution in [0.25, 0.3) is 5.82 Å². The molecule has 1 N–H and O–H groups in total. The summed E-state index contributed by atoms with van der Waals surface area (Å²) in [5, 5.41) is 7.57. The van der Waals surface area contributed by atoms with Gasteiger partial charge >= 0.3 is 0 Å². The van der Waals surface area contributed by atoms with Gasteiger partial charge in [-0.05, 0) is 18.2 Å². The van der Waals surface area contributed by atoms with Gasteiger partial charge in [0.15, 0.2) is 5.82 Å². The quantitative estimate of drug-likeness (QED) is 0.834. The topological polar surface area (TPSA) is 52.0 Å². The molecule has 3 rings (SSSR count). The molecular formula is C11H12N4O. The zero-order valence-corrected chi connectivity index (χ0v) is 8.71. The van der Waals surface area contributed by atoms with Crippen molar-refractivity contribution in [2.45, 2.75) is 6.04 Å². The van der Waals surface area contributed by atoms with E-state index in [0.717, 1.165) is 24.7 Å². The smallest absolute Gasteiger partial charge is 0.176 e. The lowest BCUT2D eigenvalue weighted by Gasteiger charge is -2.28. The van der Waals surface area contributed by atoms with Gasteiger partial charge in [0.05, 0.1) is 24.9 Å². The molecule has 82 valence electrons. The van der Waals surface area contributed by atoms with Gasteiger partial charge in [-0.2, -0.15) is 5.10 Å². The minimum atomic E-state index is 0.388. The van der Waals surface area contributed by atoms with E-state index in [-0.39, 0.29) is 0 Å². The Hall–Kier alpha value is -1.88. The van der Waals surface area contributed by atoms with Crippen LogP contribution in [0, 0.1) is 0 Å². The largest absolute Gasteiger partial charge is 0.377 e. The molecule has 0 bridgehead atoms. The molecule has 0 radical (unpaired) electrons. The Bertz CT molecular complexity index is 465. The van der Waals surface area contributed by atoms with Gasteiger partial charge in [0.2, 0.25) is 0 Å². The third-order valence-electron chi connectivity index (χ3n) is 2.51. The van der Waals surface area contributed by atoms with Crippen LogP contribution in [0.4, 0.5) is 5.69 Å². The molecule has 2 aromatic heterocycles. The van der Waals surface area contributed by atoms with E-state index in [1.54, 1.807) is 17.1 Å². The maximum atomic E-state index is 5.13. The van der Waals surface area contributed by atoms with Crippen LogP contribution in [0.1, 0.15) is 0 Å². The second kappa shape index (κ2) is 3.94. The molecule has 0 amide bonds. The van der Waals surface area contributed by atoms with Crippen LogP contribution in [0.3, 0.4) is 0 Å². The zero-order chi connectivity index (χ0) is 10.8. The fraction of sp³-hybridized carbons (Fsp3) is 0.273. The van der Waals surface area contributed by atoms with Gasteiger partial charge in [-0.15, -0.1) is 0 Å². The van der Waals surface area contributed by atoms with E-state index in [1.165, 1.54) is 0 Å². The van der Waals surface area contributed by atoms with Crippen molar-refractivity contribution in [1.82, 2.24) is 14.8 Å². The predicted octanol–water partition coefficient (Wildman–Crippen LogP) is 1.08. The number of hydrogen-bond donors (Lipinski definition) is 1. The third kappa shape index (κ3) is 1.65. The second-order valence-corrected chi connectivity index (χ2v) is 3.70. The molecule has 5 nitrogen and oxygen atoms in total. The molecule has 1 fully saturated rings. The molecule has 2 aromatic rings. The van der Waals surface area contributed by atoms with Crippen LogP contribution in [0.5, 0.6) is 0 Å². The van der Waals surface area contributed by atoms with Crippen LogP contribution in [0.2, 0.25) is 0 Å². The molecule has 1 saturated heterocycles. The molecule has 0 unspecified atom stereocenters. The van der Waals surface area contributed by atoms with Crippen LogP contribution in [-0.2, 0) is 4.74 Å². The normalized spacial score (nSPS) is 15.8. The molecular weight excluding hydrogens is 204 g/mol. The van der Waals surface area contributed by atoms with Crippen LogP contribution in [0.15, 0.2) is 36.8 Å². The number of anilines is 1. The molecule has 0 aromatic carbocycles. The second-order valence-electron chi connectivity index (χ2n) is 3.70. The van der Waals surface area contributed by atoms with E-state index >= 15 is 0 Å². The summed E-state index contributed by atoms with van der Waals surface area (Å²) in [6.45, 7) is 1.51. The number of nitrogens with one attached hydrogen (secondary N) is 1. The lowest BCUT2D eigenvalue weighted by molar-refractivity contribution is 0.0211. The Morgan fingerprint density at radius 1 is 1.31 bits per heavy atom. The Morgan fingerprint density at radius 2 is 2.25 bits per heavy atom. The molecule has 0 atom stereocenters. The first-order valence-corrected chi connectivity index (χ1v) is 5.23. The van der Waals surface area contributed by atoms with E-state index in [9.17, 15) is 0 Å². The average Bonchev–Trinajstić information content (AvgIpc) is 2.77. The van der Waals surface area contributed by atoms with Gasteiger partial charge in [0.1, 0.15) is 0 Å². The summed E-state index contributed by atoms with van der Waals surface area (Å²) in [6, 6.07) is 6.18. The van der Waals surface area contributed by atoms with E-state index in [4.69, 9.17) is 4.74 Å². The van der Waals surface area contributed by atoms with Crippen LogP contribution >= 0.6 is 0 Å². The molecule has 5 heteroatoms. The summed E-state index contributed by atoms with van der Waals surface area (Å²) in [6.07, 6.45) is 5.38. The highest BCUT2D eigenvalue weighted by Crippen LogP contribution is 2.18. The van der Waals surface area contributed by atoms with Crippen molar-refractivity contribution in [3.8, 4) is 5.82 Å². The first kappa shape index (κ1) is 9.35. The minimum Gasteiger partial charge on any atom is -0.377 e. The van der Waals surface area contributed by atoms with Gasteiger partial charge in [-0.1, -0.05) is 0 Å². The van der Waals surface area contributed by atoms with Crippen LogP contribution in [-0.4, -0.2) is 34.0 Å². The maximum absolute atomic E-state index is 5.13. The summed E-state index contributed by atoms with van der Waals surface area (Å²) in [4.78, 5) is 4.33. The molecule has 0 spiro atoms. The van der Waals surface area contributed by atoms with Gasteiger partial charge < -0.3 is 10.1 Å². The lowest BCUT2D eigenvalue weighted by Crippen LogP contribution is -2.40. The highest BCUT2D eigenvalue weighted by atomic mass is 16.5. The number of nitrogens with zero attached hydrogens (tertiary/aromatic N) is 3. The summed E-state index contributed by atoms with van der Waals surface area (Å²) in [5.41, 5.74) is 0.986. The zero-order valence-electron chi connectivity index (χ0n) is 8.71. The van der Waals surface area contributed by atoms with Crippen molar-refractivity contribution >= 4 is 5.69 Å². The summed E-state index contributed by atoms with van der Waals surface area (Å²) >= 11 is 0. The molecule has 1 aliphatic heterocycles. The number of hydrogen-bond acceptors (Lipinski definition) is 4. The molecule has 16 heavy (non-hydrogen) atoms.